The van der Waals surface area contributed by atoms with Gasteiger partial charge < -0.3 is 5.32 Å². The van der Waals surface area contributed by atoms with E-state index in [2.05, 4.69) is 5.32 Å². The molecule has 0 aliphatic heterocycles. The van der Waals surface area contributed by atoms with Gasteiger partial charge in [-0.3, -0.25) is 10.1 Å². The first-order valence-corrected chi connectivity index (χ1v) is 5.77. The minimum atomic E-state index is -0.520. The maximum Gasteiger partial charge on any atom is 0.292 e. The topological polar surface area (TPSA) is 79.0 Å². The molecular formula is C14H10FN3O2. The number of nitrogens with one attached hydrogen (secondary N) is 1. The van der Waals surface area contributed by atoms with Crippen LogP contribution < -0.4 is 5.32 Å². The van der Waals surface area contributed by atoms with E-state index in [1.165, 1.54) is 30.3 Å². The molecule has 0 atom stereocenters. The van der Waals surface area contributed by atoms with Crippen molar-refractivity contribution in [3.8, 4) is 6.07 Å². The van der Waals surface area contributed by atoms with Gasteiger partial charge in [0.05, 0.1) is 16.6 Å². The molecule has 0 fully saturated rings. The molecule has 0 radical (unpaired) electrons. The summed E-state index contributed by atoms with van der Waals surface area (Å²) < 4.78 is 12.8. The van der Waals surface area contributed by atoms with E-state index < -0.39 is 4.92 Å². The van der Waals surface area contributed by atoms with Crippen LogP contribution in [-0.4, -0.2) is 4.92 Å². The molecule has 0 bridgehead atoms. The molecule has 0 spiro atoms. The Balaban J connectivity index is 2.21. The number of hydrogen-bond donors (Lipinski definition) is 1. The van der Waals surface area contributed by atoms with Crippen molar-refractivity contribution >= 4 is 11.4 Å². The van der Waals surface area contributed by atoms with Gasteiger partial charge in [-0.1, -0.05) is 12.1 Å². The molecule has 6 heteroatoms. The first-order chi connectivity index (χ1) is 9.60. The van der Waals surface area contributed by atoms with Gasteiger partial charge in [0, 0.05) is 12.6 Å². The Morgan fingerprint density at radius 2 is 1.95 bits per heavy atom. The molecule has 0 aromatic heterocycles. The molecule has 100 valence electrons. The van der Waals surface area contributed by atoms with E-state index in [0.717, 1.165) is 5.56 Å². The predicted molar refractivity (Wildman–Crippen MR) is 71.5 cm³/mol. The predicted octanol–water partition coefficient (Wildman–Crippen LogP) is 3.22. The Morgan fingerprint density at radius 1 is 1.25 bits per heavy atom. The van der Waals surface area contributed by atoms with E-state index in [1.54, 1.807) is 12.1 Å². The fraction of sp³-hybridized carbons (Fsp3) is 0.0714. The zero-order valence-electron chi connectivity index (χ0n) is 10.3. The molecule has 0 unspecified atom stereocenters. The van der Waals surface area contributed by atoms with Gasteiger partial charge in [-0.15, -0.1) is 0 Å². The quantitative estimate of drug-likeness (QED) is 0.684. The first-order valence-electron chi connectivity index (χ1n) is 5.77. The van der Waals surface area contributed by atoms with Crippen molar-refractivity contribution in [2.75, 3.05) is 5.32 Å². The standard InChI is InChI=1S/C14H10FN3O2/c15-12-4-1-10(2-5-12)9-17-13-7-11(8-16)3-6-14(13)18(19)20/h1-7,17H,9H2. The number of benzene rings is 2. The summed E-state index contributed by atoms with van der Waals surface area (Å²) in [6, 6.07) is 11.8. The highest BCUT2D eigenvalue weighted by Crippen LogP contribution is 2.25. The number of nitro benzene ring substituents is 1. The Bertz CT molecular complexity index is 678. The highest BCUT2D eigenvalue weighted by atomic mass is 19.1. The highest BCUT2D eigenvalue weighted by molar-refractivity contribution is 5.64. The zero-order chi connectivity index (χ0) is 14.5. The molecular weight excluding hydrogens is 261 g/mol. The number of anilines is 1. The van der Waals surface area contributed by atoms with Crippen LogP contribution in [0.1, 0.15) is 11.1 Å². The largest absolute Gasteiger partial charge is 0.375 e. The molecule has 5 nitrogen and oxygen atoms in total. The molecule has 0 amide bonds. The van der Waals surface area contributed by atoms with Crippen LogP contribution in [0, 0.1) is 27.3 Å². The number of rotatable bonds is 4. The summed E-state index contributed by atoms with van der Waals surface area (Å²) >= 11 is 0. The van der Waals surface area contributed by atoms with Gasteiger partial charge in [-0.25, -0.2) is 4.39 Å². The summed E-state index contributed by atoms with van der Waals surface area (Å²) in [6.45, 7) is 0.302. The third-order valence-electron chi connectivity index (χ3n) is 2.72. The van der Waals surface area contributed by atoms with Crippen molar-refractivity contribution in [3.05, 3.63) is 69.5 Å². The third-order valence-corrected chi connectivity index (χ3v) is 2.72. The van der Waals surface area contributed by atoms with E-state index >= 15 is 0 Å². The second-order valence-corrected chi connectivity index (χ2v) is 4.08. The third kappa shape index (κ3) is 3.09. The van der Waals surface area contributed by atoms with Crippen molar-refractivity contribution in [2.24, 2.45) is 0 Å². The summed E-state index contributed by atoms with van der Waals surface area (Å²) in [4.78, 5) is 10.4. The molecule has 0 heterocycles. The van der Waals surface area contributed by atoms with Crippen molar-refractivity contribution in [1.29, 1.82) is 5.26 Å². The van der Waals surface area contributed by atoms with E-state index in [4.69, 9.17) is 5.26 Å². The Labute approximate surface area is 114 Å². The molecule has 0 aliphatic rings. The van der Waals surface area contributed by atoms with Crippen LogP contribution in [0.5, 0.6) is 0 Å². The molecule has 1 N–H and O–H groups in total. The van der Waals surface area contributed by atoms with E-state index in [9.17, 15) is 14.5 Å². The molecule has 20 heavy (non-hydrogen) atoms. The number of halogens is 1. The lowest BCUT2D eigenvalue weighted by Crippen LogP contribution is -2.03. The van der Waals surface area contributed by atoms with Crippen LogP contribution in [0.15, 0.2) is 42.5 Å². The highest BCUT2D eigenvalue weighted by Gasteiger charge is 2.13. The summed E-state index contributed by atoms with van der Waals surface area (Å²) in [7, 11) is 0. The van der Waals surface area contributed by atoms with Crippen molar-refractivity contribution in [3.63, 3.8) is 0 Å². The molecule has 0 aliphatic carbocycles. The average molecular weight is 271 g/mol. The average Bonchev–Trinajstić information content (AvgIpc) is 2.46. The lowest BCUT2D eigenvalue weighted by atomic mass is 10.1. The normalized spacial score (nSPS) is 9.80. The minimum Gasteiger partial charge on any atom is -0.375 e. The Kier molecular flexibility index (Phi) is 3.91. The van der Waals surface area contributed by atoms with Crippen LogP contribution in [0.4, 0.5) is 15.8 Å². The second kappa shape index (κ2) is 5.80. The molecule has 0 saturated carbocycles. The van der Waals surface area contributed by atoms with Gasteiger partial charge in [0.2, 0.25) is 0 Å². The molecule has 2 aromatic rings. The number of nitro groups is 1. The molecule has 2 aromatic carbocycles. The second-order valence-electron chi connectivity index (χ2n) is 4.08. The lowest BCUT2D eigenvalue weighted by molar-refractivity contribution is -0.384. The number of nitrogens with zero attached hydrogens (tertiary/aromatic N) is 2. The van der Waals surface area contributed by atoms with Gasteiger partial charge in [-0.2, -0.15) is 5.26 Å². The van der Waals surface area contributed by atoms with Crippen molar-refractivity contribution < 1.29 is 9.31 Å². The fourth-order valence-electron chi connectivity index (χ4n) is 1.71. The molecule has 0 saturated heterocycles. The van der Waals surface area contributed by atoms with Crippen LogP contribution >= 0.6 is 0 Å². The van der Waals surface area contributed by atoms with Crippen molar-refractivity contribution in [2.45, 2.75) is 6.54 Å². The van der Waals surface area contributed by atoms with Crippen molar-refractivity contribution in [1.82, 2.24) is 0 Å². The summed E-state index contributed by atoms with van der Waals surface area (Å²) in [5.41, 5.74) is 1.27. The number of nitriles is 1. The van der Waals surface area contributed by atoms with Crippen LogP contribution in [0.25, 0.3) is 0 Å². The van der Waals surface area contributed by atoms with Crippen LogP contribution in [-0.2, 0) is 6.54 Å². The van der Waals surface area contributed by atoms with E-state index in [1.807, 2.05) is 6.07 Å². The maximum atomic E-state index is 12.8. The number of hydrogen-bond acceptors (Lipinski definition) is 4. The lowest BCUT2D eigenvalue weighted by Gasteiger charge is -2.07. The zero-order valence-corrected chi connectivity index (χ0v) is 10.3. The summed E-state index contributed by atoms with van der Waals surface area (Å²) in [6.07, 6.45) is 0. The summed E-state index contributed by atoms with van der Waals surface area (Å²) in [5, 5.41) is 22.6. The van der Waals surface area contributed by atoms with Gasteiger partial charge in [0.1, 0.15) is 11.5 Å². The van der Waals surface area contributed by atoms with Crippen LogP contribution in [0.3, 0.4) is 0 Å². The van der Waals surface area contributed by atoms with E-state index in [-0.39, 0.29) is 17.2 Å². The van der Waals surface area contributed by atoms with Gasteiger partial charge in [0.25, 0.3) is 5.69 Å². The SMILES string of the molecule is N#Cc1ccc([N+](=O)[O-])c(NCc2ccc(F)cc2)c1. The molecule has 2 rings (SSSR count). The smallest absolute Gasteiger partial charge is 0.292 e. The monoisotopic (exact) mass is 271 g/mol. The first kappa shape index (κ1) is 13.5. The minimum absolute atomic E-state index is 0.105. The summed E-state index contributed by atoms with van der Waals surface area (Å²) in [5.74, 6) is -0.341. The maximum absolute atomic E-state index is 12.8. The van der Waals surface area contributed by atoms with Gasteiger partial charge >= 0.3 is 0 Å². The van der Waals surface area contributed by atoms with E-state index in [0.29, 0.717) is 12.1 Å². The Hall–Kier alpha value is -2.94. The van der Waals surface area contributed by atoms with Gasteiger partial charge in [-0.05, 0) is 29.8 Å². The Morgan fingerprint density at radius 3 is 2.55 bits per heavy atom. The van der Waals surface area contributed by atoms with Gasteiger partial charge in [0.15, 0.2) is 0 Å². The van der Waals surface area contributed by atoms with Crippen LogP contribution in [0.2, 0.25) is 0 Å². The fourth-order valence-corrected chi connectivity index (χ4v) is 1.71.